The van der Waals surface area contributed by atoms with Crippen LogP contribution in [-0.4, -0.2) is 73.5 Å². The molecule has 2 aliphatic rings. The van der Waals surface area contributed by atoms with Crippen molar-refractivity contribution in [3.8, 4) is 0 Å². The Morgan fingerprint density at radius 2 is 1.78 bits per heavy atom. The molecule has 1 amide bonds. The minimum Gasteiger partial charge on any atom is -0.357 e. The number of nitrogens with zero attached hydrogens (tertiary/aromatic N) is 3. The Balaban J connectivity index is 1.65. The van der Waals surface area contributed by atoms with Gasteiger partial charge >= 0.3 is 0 Å². The van der Waals surface area contributed by atoms with E-state index in [1.165, 1.54) is 45.2 Å². The van der Waals surface area contributed by atoms with Crippen molar-refractivity contribution in [1.29, 1.82) is 0 Å². The van der Waals surface area contributed by atoms with Crippen molar-refractivity contribution in [2.24, 2.45) is 4.99 Å². The van der Waals surface area contributed by atoms with Gasteiger partial charge in [0, 0.05) is 38.6 Å². The normalized spacial score (nSPS) is 22.4. The first-order valence-electron chi connectivity index (χ1n) is 11.2. The average Bonchev–Trinajstić information content (AvgIpc) is 2.94. The molecule has 6 heteroatoms. The number of hydrogen-bond acceptors (Lipinski definition) is 3. The summed E-state index contributed by atoms with van der Waals surface area (Å²) in [4.78, 5) is 21.8. The zero-order valence-electron chi connectivity index (χ0n) is 17.6. The van der Waals surface area contributed by atoms with Crippen LogP contribution in [0, 0.1) is 0 Å². The van der Waals surface area contributed by atoms with Crippen LogP contribution in [0.2, 0.25) is 0 Å². The number of aliphatic imine (C=N–C) groups is 1. The number of carbonyl (C=O) groups excluding carboxylic acids is 1. The predicted molar refractivity (Wildman–Crippen MR) is 113 cm³/mol. The lowest BCUT2D eigenvalue weighted by Crippen LogP contribution is -2.44. The number of hydrogen-bond donors (Lipinski definition) is 2. The quantitative estimate of drug-likeness (QED) is 0.387. The number of carbonyl (C=O) groups is 1. The van der Waals surface area contributed by atoms with E-state index in [0.29, 0.717) is 19.0 Å². The summed E-state index contributed by atoms with van der Waals surface area (Å²) in [6.07, 6.45) is 10.6. The third-order valence-corrected chi connectivity index (χ3v) is 5.70. The highest BCUT2D eigenvalue weighted by molar-refractivity contribution is 5.81. The first-order valence-corrected chi connectivity index (χ1v) is 11.2. The average molecular weight is 380 g/mol. The van der Waals surface area contributed by atoms with Gasteiger partial charge in [-0.25, -0.2) is 0 Å². The second kappa shape index (κ2) is 13.0. The van der Waals surface area contributed by atoms with Crippen molar-refractivity contribution in [2.75, 3.05) is 45.8 Å². The van der Waals surface area contributed by atoms with Gasteiger partial charge in [-0.3, -0.25) is 9.79 Å². The Kier molecular flexibility index (Phi) is 10.6. The van der Waals surface area contributed by atoms with Gasteiger partial charge in [0.1, 0.15) is 0 Å². The molecule has 2 rings (SSSR count). The Morgan fingerprint density at radius 3 is 2.48 bits per heavy atom. The van der Waals surface area contributed by atoms with E-state index in [0.717, 1.165) is 51.4 Å². The van der Waals surface area contributed by atoms with Gasteiger partial charge in [-0.05, 0) is 72.0 Å². The van der Waals surface area contributed by atoms with Gasteiger partial charge in [-0.15, -0.1) is 0 Å². The minimum atomic E-state index is 0.270. The number of guanidine groups is 1. The maximum atomic E-state index is 12.4. The lowest BCUT2D eigenvalue weighted by Gasteiger charge is -2.33. The van der Waals surface area contributed by atoms with Gasteiger partial charge in [-0.2, -0.15) is 0 Å². The predicted octanol–water partition coefficient (Wildman–Crippen LogP) is 2.60. The summed E-state index contributed by atoms with van der Waals surface area (Å²) in [5.41, 5.74) is 0. The van der Waals surface area contributed by atoms with Crippen LogP contribution in [0.1, 0.15) is 71.6 Å². The van der Waals surface area contributed by atoms with Crippen LogP contribution in [0.3, 0.4) is 0 Å². The molecule has 0 aromatic heterocycles. The van der Waals surface area contributed by atoms with E-state index >= 15 is 0 Å². The molecule has 1 atom stereocenters. The fraction of sp³-hybridized carbons (Fsp3) is 0.905. The molecule has 6 nitrogen and oxygen atoms in total. The Hall–Kier alpha value is -1.30. The third kappa shape index (κ3) is 8.50. The number of nitrogens with one attached hydrogen (secondary N) is 2. The van der Waals surface area contributed by atoms with Crippen LogP contribution >= 0.6 is 0 Å². The molecule has 2 aliphatic heterocycles. The number of amides is 1. The summed E-state index contributed by atoms with van der Waals surface area (Å²) in [6, 6.07) is 0.396. The maximum absolute atomic E-state index is 12.4. The topological polar surface area (TPSA) is 60.0 Å². The Bertz CT molecular complexity index is 446. The van der Waals surface area contributed by atoms with Crippen LogP contribution in [0.5, 0.6) is 0 Å². The molecule has 0 saturated carbocycles. The van der Waals surface area contributed by atoms with Crippen molar-refractivity contribution >= 4 is 11.9 Å². The minimum absolute atomic E-state index is 0.270. The SMILES string of the molecule is CCNC(=NCCCN1CCCCCC1)NCCC(=O)N1CCCCC1C. The molecule has 0 aliphatic carbocycles. The van der Waals surface area contributed by atoms with Crippen molar-refractivity contribution in [2.45, 2.75) is 77.7 Å². The lowest BCUT2D eigenvalue weighted by atomic mass is 10.0. The molecular formula is C21H41N5O. The third-order valence-electron chi connectivity index (χ3n) is 5.70. The molecule has 2 fully saturated rings. The molecular weight excluding hydrogens is 338 g/mol. The number of rotatable bonds is 8. The summed E-state index contributed by atoms with van der Waals surface area (Å²) in [6.45, 7) is 11.1. The molecule has 2 N–H and O–H groups in total. The van der Waals surface area contributed by atoms with E-state index in [9.17, 15) is 4.79 Å². The summed E-state index contributed by atoms with van der Waals surface area (Å²) in [7, 11) is 0. The Morgan fingerprint density at radius 1 is 1.04 bits per heavy atom. The second-order valence-electron chi connectivity index (χ2n) is 7.98. The molecule has 156 valence electrons. The van der Waals surface area contributed by atoms with E-state index < -0.39 is 0 Å². The molecule has 0 spiro atoms. The van der Waals surface area contributed by atoms with Gasteiger partial charge < -0.3 is 20.4 Å². The van der Waals surface area contributed by atoms with Crippen LogP contribution in [-0.2, 0) is 4.79 Å². The highest BCUT2D eigenvalue weighted by Crippen LogP contribution is 2.17. The fourth-order valence-corrected chi connectivity index (χ4v) is 4.09. The first kappa shape index (κ1) is 22.0. The number of likely N-dealkylation sites (tertiary alicyclic amines) is 2. The van der Waals surface area contributed by atoms with E-state index in [4.69, 9.17) is 0 Å². The monoisotopic (exact) mass is 379 g/mol. The smallest absolute Gasteiger partial charge is 0.224 e. The summed E-state index contributed by atoms with van der Waals surface area (Å²) >= 11 is 0. The van der Waals surface area contributed by atoms with Gasteiger partial charge in [0.2, 0.25) is 5.91 Å². The van der Waals surface area contributed by atoms with Gasteiger partial charge in [0.15, 0.2) is 5.96 Å². The maximum Gasteiger partial charge on any atom is 0.224 e. The number of piperidine rings is 1. The Labute approximate surface area is 166 Å². The molecule has 0 aromatic carbocycles. The zero-order valence-corrected chi connectivity index (χ0v) is 17.6. The van der Waals surface area contributed by atoms with Crippen molar-refractivity contribution < 1.29 is 4.79 Å². The van der Waals surface area contributed by atoms with Crippen LogP contribution in [0.15, 0.2) is 4.99 Å². The highest BCUT2D eigenvalue weighted by atomic mass is 16.2. The van der Waals surface area contributed by atoms with E-state index in [2.05, 4.69) is 39.3 Å². The molecule has 0 radical (unpaired) electrons. The van der Waals surface area contributed by atoms with E-state index in [1.807, 2.05) is 0 Å². The fourth-order valence-electron chi connectivity index (χ4n) is 4.09. The molecule has 0 bridgehead atoms. The van der Waals surface area contributed by atoms with Crippen molar-refractivity contribution in [3.05, 3.63) is 0 Å². The van der Waals surface area contributed by atoms with Gasteiger partial charge in [0.25, 0.3) is 0 Å². The van der Waals surface area contributed by atoms with Crippen molar-refractivity contribution in [3.63, 3.8) is 0 Å². The summed E-state index contributed by atoms with van der Waals surface area (Å²) in [5, 5.41) is 6.63. The molecule has 2 saturated heterocycles. The summed E-state index contributed by atoms with van der Waals surface area (Å²) in [5.74, 6) is 1.11. The second-order valence-corrected chi connectivity index (χ2v) is 7.98. The van der Waals surface area contributed by atoms with Crippen molar-refractivity contribution in [1.82, 2.24) is 20.4 Å². The molecule has 27 heavy (non-hydrogen) atoms. The van der Waals surface area contributed by atoms with Gasteiger partial charge in [0.05, 0.1) is 0 Å². The van der Waals surface area contributed by atoms with Gasteiger partial charge in [-0.1, -0.05) is 12.8 Å². The van der Waals surface area contributed by atoms with Crippen LogP contribution in [0.4, 0.5) is 0 Å². The zero-order chi connectivity index (χ0) is 19.3. The van der Waals surface area contributed by atoms with Crippen LogP contribution < -0.4 is 10.6 Å². The lowest BCUT2D eigenvalue weighted by molar-refractivity contribution is -0.134. The van der Waals surface area contributed by atoms with Crippen LogP contribution in [0.25, 0.3) is 0 Å². The van der Waals surface area contributed by atoms with E-state index in [1.54, 1.807) is 0 Å². The molecule has 1 unspecified atom stereocenters. The molecule has 2 heterocycles. The standard InChI is InChI=1S/C21H41N5O/c1-3-22-21(23-13-10-17-25-15-7-4-5-8-16-25)24-14-12-20(27)26-18-9-6-11-19(26)2/h19H,3-18H2,1-2H3,(H2,22,23,24). The first-order chi connectivity index (χ1) is 13.2. The highest BCUT2D eigenvalue weighted by Gasteiger charge is 2.22. The van der Waals surface area contributed by atoms with E-state index in [-0.39, 0.29) is 5.91 Å². The largest absolute Gasteiger partial charge is 0.357 e. The molecule has 0 aromatic rings. The summed E-state index contributed by atoms with van der Waals surface area (Å²) < 4.78 is 0.